The summed E-state index contributed by atoms with van der Waals surface area (Å²) in [7, 11) is -0.592. The molecular formula is C18H25BO5. The maximum absolute atomic E-state index is 11.4. The van der Waals surface area contributed by atoms with Crippen LogP contribution in [0, 0.1) is 0 Å². The van der Waals surface area contributed by atoms with Crippen LogP contribution < -0.4 is 10.2 Å². The van der Waals surface area contributed by atoms with Crippen molar-refractivity contribution >= 4 is 18.9 Å². The molecule has 0 saturated carbocycles. The Morgan fingerprint density at radius 3 is 2.46 bits per heavy atom. The number of carbonyl (C=O) groups is 1. The summed E-state index contributed by atoms with van der Waals surface area (Å²) in [6.07, 6.45) is 3.64. The molecule has 0 aliphatic carbocycles. The van der Waals surface area contributed by atoms with Gasteiger partial charge in [0.2, 0.25) is 0 Å². The van der Waals surface area contributed by atoms with Gasteiger partial charge in [0.05, 0.1) is 17.8 Å². The molecule has 3 rings (SSSR count). The first-order valence-electron chi connectivity index (χ1n) is 8.55. The Kier molecular flexibility index (Phi) is 4.73. The zero-order valence-electron chi connectivity index (χ0n) is 14.8. The second-order valence-electron chi connectivity index (χ2n) is 7.41. The minimum atomic E-state index is -0.592. The minimum Gasteiger partial charge on any atom is -0.465 e. The molecule has 0 bridgehead atoms. The van der Waals surface area contributed by atoms with Gasteiger partial charge in [-0.25, -0.2) is 0 Å². The fourth-order valence-corrected chi connectivity index (χ4v) is 2.86. The van der Waals surface area contributed by atoms with Gasteiger partial charge in [0.15, 0.2) is 6.29 Å². The van der Waals surface area contributed by atoms with E-state index in [1.54, 1.807) is 12.1 Å². The lowest BCUT2D eigenvalue weighted by Crippen LogP contribution is -2.41. The second kappa shape index (κ2) is 6.50. The Morgan fingerprint density at radius 2 is 1.88 bits per heavy atom. The van der Waals surface area contributed by atoms with Crippen molar-refractivity contribution in [1.29, 1.82) is 0 Å². The van der Waals surface area contributed by atoms with Crippen molar-refractivity contribution in [1.82, 2.24) is 0 Å². The third kappa shape index (κ3) is 3.36. The van der Waals surface area contributed by atoms with Crippen LogP contribution in [-0.2, 0) is 14.0 Å². The molecule has 2 aliphatic heterocycles. The van der Waals surface area contributed by atoms with Crippen molar-refractivity contribution in [3.05, 3.63) is 23.8 Å². The van der Waals surface area contributed by atoms with Crippen LogP contribution in [0.15, 0.2) is 18.2 Å². The van der Waals surface area contributed by atoms with E-state index in [0.29, 0.717) is 16.8 Å². The average molecular weight is 332 g/mol. The highest BCUT2D eigenvalue weighted by Gasteiger charge is 2.52. The van der Waals surface area contributed by atoms with Crippen LogP contribution in [-0.4, -0.2) is 37.5 Å². The molecule has 2 fully saturated rings. The molecule has 1 atom stereocenters. The molecule has 2 saturated heterocycles. The molecule has 24 heavy (non-hydrogen) atoms. The fraction of sp³-hybridized carbons (Fsp3) is 0.611. The Morgan fingerprint density at radius 1 is 1.17 bits per heavy atom. The summed E-state index contributed by atoms with van der Waals surface area (Å²) in [6, 6.07) is 5.35. The average Bonchev–Trinajstić information content (AvgIpc) is 2.76. The number of benzene rings is 1. The predicted octanol–water partition coefficient (Wildman–Crippen LogP) is 2.70. The topological polar surface area (TPSA) is 54.0 Å². The van der Waals surface area contributed by atoms with Crippen molar-refractivity contribution in [2.24, 2.45) is 0 Å². The lowest BCUT2D eigenvalue weighted by Gasteiger charge is -2.32. The van der Waals surface area contributed by atoms with Gasteiger partial charge in [0, 0.05) is 12.0 Å². The Balaban J connectivity index is 1.84. The van der Waals surface area contributed by atoms with Gasteiger partial charge in [-0.1, -0.05) is 0 Å². The van der Waals surface area contributed by atoms with E-state index in [-0.39, 0.29) is 6.29 Å². The molecule has 0 aromatic heterocycles. The SMILES string of the molecule is CC1(C)OB(c2cc(O[C@H]3CCCCO3)ccc2C=O)OC1(C)C. The third-order valence-electron chi connectivity index (χ3n) is 5.10. The summed E-state index contributed by atoms with van der Waals surface area (Å²) in [4.78, 5) is 11.4. The van der Waals surface area contributed by atoms with Gasteiger partial charge in [-0.05, 0) is 64.2 Å². The van der Waals surface area contributed by atoms with E-state index in [9.17, 15) is 4.79 Å². The number of hydrogen-bond acceptors (Lipinski definition) is 5. The lowest BCUT2D eigenvalue weighted by atomic mass is 9.76. The second-order valence-corrected chi connectivity index (χ2v) is 7.41. The zero-order valence-corrected chi connectivity index (χ0v) is 14.8. The van der Waals surface area contributed by atoms with Crippen LogP contribution in [0.5, 0.6) is 5.75 Å². The molecule has 0 radical (unpaired) electrons. The number of rotatable bonds is 4. The number of hydrogen-bond donors (Lipinski definition) is 0. The first-order chi connectivity index (χ1) is 11.3. The monoisotopic (exact) mass is 332 g/mol. The van der Waals surface area contributed by atoms with E-state index >= 15 is 0 Å². The molecular weight excluding hydrogens is 307 g/mol. The van der Waals surface area contributed by atoms with Gasteiger partial charge in [0.1, 0.15) is 12.0 Å². The van der Waals surface area contributed by atoms with Crippen molar-refractivity contribution in [3.8, 4) is 5.75 Å². The first kappa shape index (κ1) is 17.5. The molecule has 130 valence electrons. The van der Waals surface area contributed by atoms with Crippen LogP contribution >= 0.6 is 0 Å². The molecule has 0 N–H and O–H groups in total. The lowest BCUT2D eigenvalue weighted by molar-refractivity contribution is -0.105. The van der Waals surface area contributed by atoms with Crippen LogP contribution in [0.25, 0.3) is 0 Å². The summed E-state index contributed by atoms with van der Waals surface area (Å²) >= 11 is 0. The maximum atomic E-state index is 11.4. The van der Waals surface area contributed by atoms with Gasteiger partial charge in [0.25, 0.3) is 0 Å². The number of carbonyl (C=O) groups excluding carboxylic acids is 1. The highest BCUT2D eigenvalue weighted by Crippen LogP contribution is 2.37. The van der Waals surface area contributed by atoms with Crippen LogP contribution in [0.3, 0.4) is 0 Å². The van der Waals surface area contributed by atoms with E-state index in [0.717, 1.165) is 32.2 Å². The summed E-state index contributed by atoms with van der Waals surface area (Å²) < 4.78 is 23.7. The van der Waals surface area contributed by atoms with E-state index < -0.39 is 18.3 Å². The molecule has 2 heterocycles. The first-order valence-corrected chi connectivity index (χ1v) is 8.55. The van der Waals surface area contributed by atoms with Crippen molar-refractivity contribution in [2.45, 2.75) is 64.4 Å². The van der Waals surface area contributed by atoms with Crippen LogP contribution in [0.2, 0.25) is 0 Å². The van der Waals surface area contributed by atoms with Crippen molar-refractivity contribution in [3.63, 3.8) is 0 Å². The normalized spacial score (nSPS) is 25.5. The Labute approximate surface area is 143 Å². The molecule has 0 spiro atoms. The summed E-state index contributed by atoms with van der Waals surface area (Å²) in [5.74, 6) is 0.664. The Hall–Kier alpha value is -1.37. The van der Waals surface area contributed by atoms with Gasteiger partial charge < -0.3 is 18.8 Å². The highest BCUT2D eigenvalue weighted by molar-refractivity contribution is 6.63. The van der Waals surface area contributed by atoms with Gasteiger partial charge in [-0.3, -0.25) is 4.79 Å². The van der Waals surface area contributed by atoms with Crippen molar-refractivity contribution < 1.29 is 23.6 Å². The smallest absolute Gasteiger partial charge is 0.465 e. The zero-order chi connectivity index (χ0) is 17.4. The molecule has 1 aromatic carbocycles. The van der Waals surface area contributed by atoms with Gasteiger partial charge in [-0.15, -0.1) is 0 Å². The summed E-state index contributed by atoms with van der Waals surface area (Å²) in [5, 5.41) is 0. The fourth-order valence-electron chi connectivity index (χ4n) is 2.86. The molecule has 0 unspecified atom stereocenters. The maximum Gasteiger partial charge on any atom is 0.495 e. The van der Waals surface area contributed by atoms with E-state index in [2.05, 4.69) is 0 Å². The quantitative estimate of drug-likeness (QED) is 0.627. The Bertz CT molecular complexity index is 591. The number of ether oxygens (including phenoxy) is 2. The molecule has 2 aliphatic rings. The third-order valence-corrected chi connectivity index (χ3v) is 5.10. The molecule has 1 aromatic rings. The number of aldehydes is 1. The van der Waals surface area contributed by atoms with Gasteiger partial charge in [-0.2, -0.15) is 0 Å². The molecule has 6 heteroatoms. The standard InChI is InChI=1S/C18H25BO5/c1-17(2)18(3,4)24-19(23-17)15-11-14(9-8-13(15)12-20)22-16-7-5-6-10-21-16/h8-9,11-12,16H,5-7,10H2,1-4H3/t16-/m0/s1. The van der Waals surface area contributed by atoms with Crippen LogP contribution in [0.1, 0.15) is 57.3 Å². The van der Waals surface area contributed by atoms with E-state index in [1.165, 1.54) is 0 Å². The van der Waals surface area contributed by atoms with Crippen molar-refractivity contribution in [2.75, 3.05) is 6.61 Å². The van der Waals surface area contributed by atoms with Crippen LogP contribution in [0.4, 0.5) is 0 Å². The highest BCUT2D eigenvalue weighted by atomic mass is 16.7. The summed E-state index contributed by atoms with van der Waals surface area (Å²) in [5.41, 5.74) is 0.324. The molecule has 0 amide bonds. The van der Waals surface area contributed by atoms with E-state index in [1.807, 2.05) is 33.8 Å². The summed E-state index contributed by atoms with van der Waals surface area (Å²) in [6.45, 7) is 8.68. The van der Waals surface area contributed by atoms with Gasteiger partial charge >= 0.3 is 7.12 Å². The van der Waals surface area contributed by atoms with E-state index in [4.69, 9.17) is 18.8 Å². The molecule has 5 nitrogen and oxygen atoms in total. The largest absolute Gasteiger partial charge is 0.495 e. The minimum absolute atomic E-state index is 0.230. The predicted molar refractivity (Wildman–Crippen MR) is 91.8 cm³/mol.